The molecule has 3 heterocycles. The molecular formula is C13H22N2O7. The van der Waals surface area contributed by atoms with Crippen molar-refractivity contribution in [1.29, 1.82) is 0 Å². The maximum absolute atomic E-state index is 11.1. The number of ether oxygens (including phenoxy) is 5. The van der Waals surface area contributed by atoms with E-state index >= 15 is 0 Å². The predicted octanol–water partition coefficient (Wildman–Crippen LogP) is -0.508. The fourth-order valence-corrected chi connectivity index (χ4v) is 3.14. The number of nitrogens with zero attached hydrogens (tertiary/aromatic N) is 1. The van der Waals surface area contributed by atoms with Crippen LogP contribution in [0, 0.1) is 0 Å². The Balaban J connectivity index is 1.92. The third-order valence-electron chi connectivity index (χ3n) is 4.09. The standard InChI is InChI=1S/C13H22N2O7/c1-11(2)18-5-6(20-11)7-13(16,10(14)15-17)8-9(19-7)22-12(3,4)21-8/h6-9,16-17H,5H2,1-4H3,(H2,14,15). The molecule has 4 N–H and O–H groups in total. The molecule has 3 aliphatic heterocycles. The molecule has 0 saturated carbocycles. The number of oxime groups is 1. The minimum Gasteiger partial charge on any atom is -0.409 e. The molecule has 0 aliphatic carbocycles. The Bertz CT molecular complexity index is 495. The van der Waals surface area contributed by atoms with Gasteiger partial charge in [0.15, 0.2) is 35.4 Å². The first-order valence-corrected chi connectivity index (χ1v) is 7.12. The number of hydrogen-bond donors (Lipinski definition) is 3. The van der Waals surface area contributed by atoms with E-state index in [0.717, 1.165) is 0 Å². The van der Waals surface area contributed by atoms with Gasteiger partial charge in [0.05, 0.1) is 6.61 Å². The lowest BCUT2D eigenvalue weighted by molar-refractivity contribution is -0.239. The van der Waals surface area contributed by atoms with Crippen molar-refractivity contribution in [3.63, 3.8) is 0 Å². The van der Waals surface area contributed by atoms with Crippen LogP contribution in [0.3, 0.4) is 0 Å². The monoisotopic (exact) mass is 318 g/mol. The molecule has 3 rings (SSSR count). The van der Waals surface area contributed by atoms with Gasteiger partial charge in [0.2, 0.25) is 0 Å². The maximum Gasteiger partial charge on any atom is 0.191 e. The van der Waals surface area contributed by atoms with Crippen molar-refractivity contribution in [3.8, 4) is 0 Å². The average molecular weight is 318 g/mol. The second-order valence-electron chi connectivity index (χ2n) is 6.66. The van der Waals surface area contributed by atoms with Gasteiger partial charge in [-0.15, -0.1) is 0 Å². The summed E-state index contributed by atoms with van der Waals surface area (Å²) in [5, 5.41) is 23.1. The molecule has 5 unspecified atom stereocenters. The van der Waals surface area contributed by atoms with Gasteiger partial charge in [-0.3, -0.25) is 0 Å². The molecule has 9 nitrogen and oxygen atoms in total. The van der Waals surface area contributed by atoms with Crippen molar-refractivity contribution in [3.05, 3.63) is 0 Å². The number of nitrogens with two attached hydrogens (primary N) is 1. The highest BCUT2D eigenvalue weighted by Gasteiger charge is 2.68. The minimum atomic E-state index is -1.89. The summed E-state index contributed by atoms with van der Waals surface area (Å²) in [4.78, 5) is 0. The molecule has 3 saturated heterocycles. The van der Waals surface area contributed by atoms with E-state index < -0.39 is 47.6 Å². The molecule has 126 valence electrons. The largest absolute Gasteiger partial charge is 0.409 e. The molecule has 0 amide bonds. The molecule has 0 spiro atoms. The van der Waals surface area contributed by atoms with Gasteiger partial charge < -0.3 is 39.7 Å². The Morgan fingerprint density at radius 2 is 1.77 bits per heavy atom. The van der Waals surface area contributed by atoms with Gasteiger partial charge in [0.1, 0.15) is 12.2 Å². The summed E-state index contributed by atoms with van der Waals surface area (Å²) in [5.74, 6) is -2.17. The quantitative estimate of drug-likeness (QED) is 0.269. The fraction of sp³-hybridized carbons (Fsp3) is 0.923. The molecule has 0 aromatic carbocycles. The SMILES string of the molecule is CC1(C)OCC(C2OC3OC(C)(C)OC3C2(O)C(N)=NO)O1. The Kier molecular flexibility index (Phi) is 3.44. The number of hydrogen-bond acceptors (Lipinski definition) is 8. The maximum atomic E-state index is 11.1. The number of aliphatic hydroxyl groups is 1. The van der Waals surface area contributed by atoms with Crippen LogP contribution in [0.2, 0.25) is 0 Å². The van der Waals surface area contributed by atoms with E-state index in [9.17, 15) is 5.11 Å². The molecule has 3 fully saturated rings. The number of fused-ring (bicyclic) bond motifs is 1. The normalized spacial score (nSPS) is 46.9. The van der Waals surface area contributed by atoms with E-state index in [4.69, 9.17) is 34.6 Å². The Hall–Kier alpha value is -0.970. The smallest absolute Gasteiger partial charge is 0.191 e. The van der Waals surface area contributed by atoms with E-state index in [1.165, 1.54) is 0 Å². The summed E-state index contributed by atoms with van der Waals surface area (Å²) in [6.07, 6.45) is -3.34. The zero-order chi connectivity index (χ0) is 16.3. The third kappa shape index (κ3) is 2.29. The number of rotatable bonds is 2. The molecule has 0 bridgehead atoms. The van der Waals surface area contributed by atoms with Gasteiger partial charge in [0.25, 0.3) is 0 Å². The lowest BCUT2D eigenvalue weighted by Crippen LogP contribution is -2.61. The Labute approximate surface area is 127 Å². The van der Waals surface area contributed by atoms with E-state index in [0.29, 0.717) is 0 Å². The lowest BCUT2D eigenvalue weighted by atomic mass is 9.88. The zero-order valence-corrected chi connectivity index (χ0v) is 13.0. The summed E-state index contributed by atoms with van der Waals surface area (Å²) < 4.78 is 28.3. The lowest BCUT2D eigenvalue weighted by Gasteiger charge is -2.34. The average Bonchev–Trinajstić information content (AvgIpc) is 3.00. The molecule has 0 radical (unpaired) electrons. The van der Waals surface area contributed by atoms with E-state index in [1.807, 2.05) is 0 Å². The summed E-state index contributed by atoms with van der Waals surface area (Å²) in [6.45, 7) is 7.08. The van der Waals surface area contributed by atoms with Crippen LogP contribution in [-0.2, 0) is 23.7 Å². The van der Waals surface area contributed by atoms with Crippen LogP contribution < -0.4 is 5.73 Å². The topological polar surface area (TPSA) is 125 Å². The molecule has 0 aromatic rings. The van der Waals surface area contributed by atoms with Gasteiger partial charge in [-0.2, -0.15) is 0 Å². The minimum absolute atomic E-state index is 0.196. The van der Waals surface area contributed by atoms with Crippen LogP contribution in [0.5, 0.6) is 0 Å². The van der Waals surface area contributed by atoms with Gasteiger partial charge in [-0.05, 0) is 27.7 Å². The molecule has 3 aliphatic rings. The highest BCUT2D eigenvalue weighted by Crippen LogP contribution is 2.46. The van der Waals surface area contributed by atoms with Crippen LogP contribution in [-0.4, -0.2) is 64.5 Å². The molecule has 0 aromatic heterocycles. The summed E-state index contributed by atoms with van der Waals surface area (Å²) in [7, 11) is 0. The molecule has 22 heavy (non-hydrogen) atoms. The van der Waals surface area contributed by atoms with Crippen LogP contribution in [0.25, 0.3) is 0 Å². The fourth-order valence-electron chi connectivity index (χ4n) is 3.14. The van der Waals surface area contributed by atoms with Gasteiger partial charge in [0, 0.05) is 0 Å². The van der Waals surface area contributed by atoms with Crippen LogP contribution in [0.15, 0.2) is 5.16 Å². The van der Waals surface area contributed by atoms with Crippen molar-refractivity contribution < 1.29 is 34.0 Å². The van der Waals surface area contributed by atoms with Crippen LogP contribution in [0.1, 0.15) is 27.7 Å². The van der Waals surface area contributed by atoms with Crippen molar-refractivity contribution in [2.24, 2.45) is 10.9 Å². The van der Waals surface area contributed by atoms with Gasteiger partial charge >= 0.3 is 0 Å². The Morgan fingerprint density at radius 3 is 2.32 bits per heavy atom. The van der Waals surface area contributed by atoms with E-state index in [1.54, 1.807) is 27.7 Å². The second-order valence-corrected chi connectivity index (χ2v) is 6.66. The third-order valence-corrected chi connectivity index (χ3v) is 4.09. The molecule has 9 heteroatoms. The molecule has 5 atom stereocenters. The van der Waals surface area contributed by atoms with Gasteiger partial charge in [-0.1, -0.05) is 5.16 Å². The van der Waals surface area contributed by atoms with E-state index in [2.05, 4.69) is 5.16 Å². The highest BCUT2D eigenvalue weighted by atomic mass is 16.8. The second kappa shape index (κ2) is 4.76. The Morgan fingerprint density at radius 1 is 1.09 bits per heavy atom. The first-order valence-electron chi connectivity index (χ1n) is 7.12. The summed E-state index contributed by atoms with van der Waals surface area (Å²) in [6, 6.07) is 0. The zero-order valence-electron chi connectivity index (χ0n) is 13.0. The number of amidine groups is 1. The van der Waals surface area contributed by atoms with Crippen molar-refractivity contribution in [2.45, 2.75) is 69.5 Å². The van der Waals surface area contributed by atoms with Crippen LogP contribution >= 0.6 is 0 Å². The van der Waals surface area contributed by atoms with Gasteiger partial charge in [-0.25, -0.2) is 0 Å². The van der Waals surface area contributed by atoms with E-state index in [-0.39, 0.29) is 6.61 Å². The van der Waals surface area contributed by atoms with Crippen molar-refractivity contribution in [2.75, 3.05) is 6.61 Å². The van der Waals surface area contributed by atoms with Crippen LogP contribution in [0.4, 0.5) is 0 Å². The molecular weight excluding hydrogens is 296 g/mol. The van der Waals surface area contributed by atoms with Crippen molar-refractivity contribution >= 4 is 5.84 Å². The summed E-state index contributed by atoms with van der Waals surface area (Å²) in [5.41, 5.74) is 3.83. The van der Waals surface area contributed by atoms with Crippen molar-refractivity contribution in [1.82, 2.24) is 0 Å². The first-order chi connectivity index (χ1) is 10.1. The summed E-state index contributed by atoms with van der Waals surface area (Å²) >= 11 is 0. The highest BCUT2D eigenvalue weighted by molar-refractivity contribution is 5.90. The first kappa shape index (κ1) is 15.9. The predicted molar refractivity (Wildman–Crippen MR) is 72.0 cm³/mol.